The van der Waals surface area contributed by atoms with Gasteiger partial charge in [-0.15, -0.1) is 0 Å². The molecule has 1 heterocycles. The molecule has 2 aliphatic rings. The Labute approximate surface area is 129 Å². The number of likely N-dealkylation sites (tertiary alicyclic amines) is 1. The fourth-order valence-corrected chi connectivity index (χ4v) is 3.91. The number of carbonyl (C=O) groups excluding carboxylic acids is 1. The number of rotatable bonds is 3. The van der Waals surface area contributed by atoms with E-state index in [-0.39, 0.29) is 6.09 Å². The van der Waals surface area contributed by atoms with Crippen molar-refractivity contribution in [2.75, 3.05) is 13.1 Å². The van der Waals surface area contributed by atoms with Gasteiger partial charge in [-0.25, -0.2) is 4.79 Å². The second-order valence-electron chi connectivity index (χ2n) is 7.50. The molecule has 0 aromatic carbocycles. The number of hydrogen-bond acceptors (Lipinski definition) is 3. The number of nitrogens with zero attached hydrogens (tertiary/aromatic N) is 1. The molecule has 2 rings (SSSR count). The van der Waals surface area contributed by atoms with Crippen LogP contribution < -0.4 is 5.32 Å². The molecule has 1 aliphatic carbocycles. The normalized spacial score (nSPS) is 30.5. The highest BCUT2D eigenvalue weighted by molar-refractivity contribution is 5.68. The summed E-state index contributed by atoms with van der Waals surface area (Å²) in [6.07, 6.45) is 7.12. The Morgan fingerprint density at radius 2 is 1.95 bits per heavy atom. The molecule has 1 N–H and O–H groups in total. The van der Waals surface area contributed by atoms with E-state index >= 15 is 0 Å². The second kappa shape index (κ2) is 6.99. The largest absolute Gasteiger partial charge is 0.444 e. The van der Waals surface area contributed by atoms with Crippen LogP contribution in [0.25, 0.3) is 0 Å². The van der Waals surface area contributed by atoms with E-state index in [1.807, 2.05) is 25.7 Å². The van der Waals surface area contributed by atoms with Gasteiger partial charge in [0.2, 0.25) is 0 Å². The summed E-state index contributed by atoms with van der Waals surface area (Å²) in [7, 11) is 0. The van der Waals surface area contributed by atoms with E-state index in [9.17, 15) is 4.79 Å². The van der Waals surface area contributed by atoms with Crippen molar-refractivity contribution in [3.8, 4) is 0 Å². The van der Waals surface area contributed by atoms with E-state index in [0.29, 0.717) is 18.0 Å². The molecule has 0 aromatic rings. The summed E-state index contributed by atoms with van der Waals surface area (Å²) in [5.41, 5.74) is -0.407. The van der Waals surface area contributed by atoms with Gasteiger partial charge in [0.15, 0.2) is 0 Å². The summed E-state index contributed by atoms with van der Waals surface area (Å²) in [5, 5.41) is 3.62. The molecule has 3 unspecified atom stereocenters. The SMILES string of the molecule is CCNC1CCCC1C1CCCCN1C(=O)OC(C)(C)C. The van der Waals surface area contributed by atoms with E-state index in [4.69, 9.17) is 4.74 Å². The van der Waals surface area contributed by atoms with Crippen LogP contribution in [0, 0.1) is 5.92 Å². The summed E-state index contributed by atoms with van der Waals surface area (Å²) in [6, 6.07) is 0.934. The smallest absolute Gasteiger partial charge is 0.410 e. The second-order valence-corrected chi connectivity index (χ2v) is 7.50. The average Bonchev–Trinajstić information content (AvgIpc) is 2.85. The van der Waals surface area contributed by atoms with Crippen molar-refractivity contribution in [1.82, 2.24) is 10.2 Å². The molecule has 4 nitrogen and oxygen atoms in total. The molecular weight excluding hydrogens is 264 g/mol. The molecule has 0 bridgehead atoms. The van der Waals surface area contributed by atoms with Crippen LogP contribution in [0.4, 0.5) is 4.79 Å². The monoisotopic (exact) mass is 296 g/mol. The number of ether oxygens (including phenoxy) is 1. The van der Waals surface area contributed by atoms with Gasteiger partial charge in [0.25, 0.3) is 0 Å². The molecule has 1 saturated carbocycles. The van der Waals surface area contributed by atoms with Crippen molar-refractivity contribution < 1.29 is 9.53 Å². The molecule has 1 aliphatic heterocycles. The Bertz CT molecular complexity index is 351. The first-order chi connectivity index (χ1) is 9.92. The van der Waals surface area contributed by atoms with Crippen LogP contribution in [0.1, 0.15) is 66.2 Å². The Balaban J connectivity index is 2.06. The molecule has 0 spiro atoms. The summed E-state index contributed by atoms with van der Waals surface area (Å²) in [5.74, 6) is 0.595. The lowest BCUT2D eigenvalue weighted by atomic mass is 9.87. The molecule has 4 heteroatoms. The predicted octanol–water partition coefficient (Wildman–Crippen LogP) is 3.55. The first kappa shape index (κ1) is 16.6. The average molecular weight is 296 g/mol. The molecule has 0 aromatic heterocycles. The fourth-order valence-electron chi connectivity index (χ4n) is 3.91. The van der Waals surface area contributed by atoms with Crippen LogP contribution in [0.3, 0.4) is 0 Å². The Morgan fingerprint density at radius 3 is 2.62 bits per heavy atom. The van der Waals surface area contributed by atoms with Crippen LogP contribution in [0.15, 0.2) is 0 Å². The summed E-state index contributed by atoms with van der Waals surface area (Å²) < 4.78 is 5.63. The van der Waals surface area contributed by atoms with Crippen molar-refractivity contribution >= 4 is 6.09 Å². The minimum atomic E-state index is -0.407. The van der Waals surface area contributed by atoms with Gasteiger partial charge >= 0.3 is 6.09 Å². The zero-order valence-electron chi connectivity index (χ0n) is 14.2. The van der Waals surface area contributed by atoms with Crippen molar-refractivity contribution in [2.24, 2.45) is 5.92 Å². The van der Waals surface area contributed by atoms with E-state index in [0.717, 1.165) is 25.9 Å². The van der Waals surface area contributed by atoms with E-state index in [1.54, 1.807) is 0 Å². The number of piperidine rings is 1. The lowest BCUT2D eigenvalue weighted by Crippen LogP contribution is -2.52. The van der Waals surface area contributed by atoms with Crippen LogP contribution >= 0.6 is 0 Å². The minimum absolute atomic E-state index is 0.116. The Morgan fingerprint density at radius 1 is 1.19 bits per heavy atom. The molecule has 0 radical (unpaired) electrons. The van der Waals surface area contributed by atoms with E-state index in [2.05, 4.69) is 12.2 Å². The van der Waals surface area contributed by atoms with Crippen LogP contribution in [0.5, 0.6) is 0 Å². The van der Waals surface area contributed by atoms with Gasteiger partial charge in [-0.05, 0) is 65.3 Å². The van der Waals surface area contributed by atoms with Gasteiger partial charge in [0, 0.05) is 18.6 Å². The Hall–Kier alpha value is -0.770. The number of amides is 1. The third kappa shape index (κ3) is 4.35. The van der Waals surface area contributed by atoms with Crippen molar-refractivity contribution in [1.29, 1.82) is 0 Å². The van der Waals surface area contributed by atoms with Gasteiger partial charge in [0.05, 0.1) is 0 Å². The van der Waals surface area contributed by atoms with Crippen molar-refractivity contribution in [3.63, 3.8) is 0 Å². The molecule has 1 amide bonds. The third-order valence-corrected chi connectivity index (χ3v) is 4.71. The molecule has 2 fully saturated rings. The first-order valence-corrected chi connectivity index (χ1v) is 8.65. The molecular formula is C17H32N2O2. The molecule has 3 atom stereocenters. The maximum atomic E-state index is 12.5. The van der Waals surface area contributed by atoms with Crippen LogP contribution in [-0.2, 0) is 4.74 Å². The highest BCUT2D eigenvalue weighted by Gasteiger charge is 2.40. The van der Waals surface area contributed by atoms with E-state index < -0.39 is 5.60 Å². The van der Waals surface area contributed by atoms with Gasteiger partial charge in [-0.1, -0.05) is 13.3 Å². The standard InChI is InChI=1S/C17H32N2O2/c1-5-18-14-10-8-9-13(14)15-11-6-7-12-19(15)16(20)21-17(2,3)4/h13-15,18H,5-12H2,1-4H3. The molecule has 21 heavy (non-hydrogen) atoms. The molecule has 1 saturated heterocycles. The first-order valence-electron chi connectivity index (χ1n) is 8.65. The fraction of sp³-hybridized carbons (Fsp3) is 0.941. The maximum Gasteiger partial charge on any atom is 0.410 e. The van der Waals surface area contributed by atoms with Crippen LogP contribution in [0.2, 0.25) is 0 Å². The summed E-state index contributed by atoms with van der Waals surface area (Å²) >= 11 is 0. The van der Waals surface area contributed by atoms with E-state index in [1.165, 1.54) is 25.7 Å². The zero-order valence-corrected chi connectivity index (χ0v) is 14.2. The van der Waals surface area contributed by atoms with Crippen molar-refractivity contribution in [2.45, 2.75) is 83.9 Å². The van der Waals surface area contributed by atoms with Gasteiger partial charge in [-0.2, -0.15) is 0 Å². The van der Waals surface area contributed by atoms with Crippen LogP contribution in [-0.4, -0.2) is 41.8 Å². The number of nitrogens with one attached hydrogen (secondary N) is 1. The lowest BCUT2D eigenvalue weighted by molar-refractivity contribution is -0.0000340. The van der Waals surface area contributed by atoms with Crippen molar-refractivity contribution in [3.05, 3.63) is 0 Å². The zero-order chi connectivity index (χ0) is 15.5. The van der Waals surface area contributed by atoms with Gasteiger partial charge in [-0.3, -0.25) is 0 Å². The highest BCUT2D eigenvalue weighted by atomic mass is 16.6. The number of hydrogen-bond donors (Lipinski definition) is 1. The summed E-state index contributed by atoms with van der Waals surface area (Å²) in [6.45, 7) is 9.87. The Kier molecular flexibility index (Phi) is 5.53. The topological polar surface area (TPSA) is 41.6 Å². The quantitative estimate of drug-likeness (QED) is 0.866. The maximum absolute atomic E-state index is 12.5. The third-order valence-electron chi connectivity index (χ3n) is 4.71. The highest BCUT2D eigenvalue weighted by Crippen LogP contribution is 2.35. The van der Waals surface area contributed by atoms with Gasteiger partial charge in [0.1, 0.15) is 5.60 Å². The van der Waals surface area contributed by atoms with Gasteiger partial charge < -0.3 is 15.0 Å². The number of carbonyl (C=O) groups is 1. The summed E-state index contributed by atoms with van der Waals surface area (Å²) in [4.78, 5) is 14.6. The lowest BCUT2D eigenvalue weighted by Gasteiger charge is -2.41. The predicted molar refractivity (Wildman–Crippen MR) is 85.4 cm³/mol. The molecule has 122 valence electrons. The minimum Gasteiger partial charge on any atom is -0.444 e.